The second kappa shape index (κ2) is 8.31. The predicted octanol–water partition coefficient (Wildman–Crippen LogP) is 5.04. The number of carbonyl (C=O) groups excluding carboxylic acids is 1. The number of rotatable bonds is 6. The maximum Gasteiger partial charge on any atom is 0.266 e. The highest BCUT2D eigenvalue weighted by Gasteiger charge is 2.19. The van der Waals surface area contributed by atoms with Gasteiger partial charge in [-0.05, 0) is 37.0 Å². The van der Waals surface area contributed by atoms with E-state index in [1.165, 1.54) is 11.3 Å². The smallest absolute Gasteiger partial charge is 0.266 e. The number of hydrogen-bond acceptors (Lipinski definition) is 5. The number of nitrogens with one attached hydrogen (secondary N) is 1. The molecule has 1 atom stereocenters. The average molecular weight is 382 g/mol. The van der Waals surface area contributed by atoms with Gasteiger partial charge < -0.3 is 4.74 Å². The summed E-state index contributed by atoms with van der Waals surface area (Å²) in [4.78, 5) is 12.5. The fraction of sp³-hybridized carbons (Fsp3) is 0.286. The number of anilines is 1. The number of aromatic nitrogens is 2. The molecule has 6 heteroatoms. The summed E-state index contributed by atoms with van der Waals surface area (Å²) in [5, 5.41) is 12.2. The molecule has 1 heterocycles. The van der Waals surface area contributed by atoms with Crippen molar-refractivity contribution >= 4 is 22.4 Å². The topological polar surface area (TPSA) is 64.1 Å². The molecule has 0 saturated carbocycles. The summed E-state index contributed by atoms with van der Waals surface area (Å²) in [6, 6.07) is 15.8. The molecule has 0 radical (unpaired) electrons. The summed E-state index contributed by atoms with van der Waals surface area (Å²) >= 11 is 1.34. The van der Waals surface area contributed by atoms with E-state index < -0.39 is 6.10 Å². The number of benzene rings is 2. The molecule has 1 amide bonds. The minimum Gasteiger partial charge on any atom is -0.481 e. The van der Waals surface area contributed by atoms with Crippen molar-refractivity contribution in [3.8, 4) is 16.3 Å². The van der Waals surface area contributed by atoms with Crippen LogP contribution in [0.25, 0.3) is 10.6 Å². The maximum atomic E-state index is 12.5. The third kappa shape index (κ3) is 4.71. The van der Waals surface area contributed by atoms with Crippen molar-refractivity contribution in [3.63, 3.8) is 0 Å². The van der Waals surface area contributed by atoms with Crippen molar-refractivity contribution in [2.24, 2.45) is 0 Å². The first-order valence-electron chi connectivity index (χ1n) is 8.91. The molecule has 140 valence electrons. The van der Waals surface area contributed by atoms with Crippen LogP contribution in [-0.4, -0.2) is 22.2 Å². The normalized spacial score (nSPS) is 12.0. The van der Waals surface area contributed by atoms with Crippen molar-refractivity contribution < 1.29 is 9.53 Å². The zero-order valence-electron chi connectivity index (χ0n) is 15.9. The fourth-order valence-electron chi connectivity index (χ4n) is 2.64. The first-order chi connectivity index (χ1) is 12.9. The van der Waals surface area contributed by atoms with E-state index in [0.717, 1.165) is 27.4 Å². The highest BCUT2D eigenvalue weighted by molar-refractivity contribution is 7.18. The highest BCUT2D eigenvalue weighted by Crippen LogP contribution is 2.29. The molecule has 1 unspecified atom stereocenters. The second-order valence-corrected chi connectivity index (χ2v) is 7.70. The molecule has 1 aromatic heterocycles. The van der Waals surface area contributed by atoms with Gasteiger partial charge in [0.25, 0.3) is 5.91 Å². The third-order valence-corrected chi connectivity index (χ3v) is 5.03. The van der Waals surface area contributed by atoms with Gasteiger partial charge in [-0.15, -0.1) is 10.2 Å². The molecule has 0 saturated heterocycles. The van der Waals surface area contributed by atoms with Crippen LogP contribution in [-0.2, 0) is 4.79 Å². The molecule has 0 fully saturated rings. The van der Waals surface area contributed by atoms with Crippen LogP contribution in [0.2, 0.25) is 0 Å². The van der Waals surface area contributed by atoms with Gasteiger partial charge in [-0.1, -0.05) is 67.6 Å². The molecular weight excluding hydrogens is 358 g/mol. The van der Waals surface area contributed by atoms with E-state index in [1.807, 2.05) is 43.3 Å². The van der Waals surface area contributed by atoms with Gasteiger partial charge in [0.05, 0.1) is 0 Å². The number of ether oxygens (including phenoxy) is 1. The van der Waals surface area contributed by atoms with Gasteiger partial charge in [-0.3, -0.25) is 10.1 Å². The Morgan fingerprint density at radius 1 is 1.07 bits per heavy atom. The van der Waals surface area contributed by atoms with Crippen LogP contribution in [0.15, 0.2) is 48.5 Å². The highest BCUT2D eigenvalue weighted by atomic mass is 32.1. The first-order valence-corrected chi connectivity index (χ1v) is 9.72. The molecule has 1 N–H and O–H groups in total. The van der Waals surface area contributed by atoms with E-state index in [4.69, 9.17) is 4.74 Å². The lowest BCUT2D eigenvalue weighted by Crippen LogP contribution is -2.30. The fourth-order valence-corrected chi connectivity index (χ4v) is 3.39. The number of carbonyl (C=O) groups is 1. The summed E-state index contributed by atoms with van der Waals surface area (Å²) in [6.07, 6.45) is -0.645. The van der Waals surface area contributed by atoms with Crippen molar-refractivity contribution in [1.82, 2.24) is 10.2 Å². The number of amides is 1. The lowest BCUT2D eigenvalue weighted by molar-refractivity contribution is -0.122. The Kier molecular flexibility index (Phi) is 5.86. The monoisotopic (exact) mass is 381 g/mol. The van der Waals surface area contributed by atoms with Gasteiger partial charge in [0, 0.05) is 5.56 Å². The molecule has 3 rings (SSSR count). The lowest BCUT2D eigenvalue weighted by atomic mass is 10.0. The maximum absolute atomic E-state index is 12.5. The molecule has 0 aliphatic carbocycles. The van der Waals surface area contributed by atoms with E-state index in [-0.39, 0.29) is 5.91 Å². The molecule has 2 aromatic carbocycles. The van der Waals surface area contributed by atoms with Crippen LogP contribution >= 0.6 is 11.3 Å². The molecule has 0 bridgehead atoms. The van der Waals surface area contributed by atoms with Crippen molar-refractivity contribution in [3.05, 3.63) is 59.7 Å². The van der Waals surface area contributed by atoms with Crippen molar-refractivity contribution in [2.45, 2.75) is 39.7 Å². The first kappa shape index (κ1) is 19.0. The molecule has 5 nitrogen and oxygen atoms in total. The van der Waals surface area contributed by atoms with Gasteiger partial charge >= 0.3 is 0 Å². The largest absolute Gasteiger partial charge is 0.481 e. The van der Waals surface area contributed by atoms with Gasteiger partial charge in [-0.25, -0.2) is 0 Å². The Bertz CT molecular complexity index is 922. The Hall–Kier alpha value is -2.73. The summed E-state index contributed by atoms with van der Waals surface area (Å²) in [5.41, 5.74) is 3.15. The van der Waals surface area contributed by atoms with E-state index >= 15 is 0 Å². The quantitative estimate of drug-likeness (QED) is 0.649. The molecule has 0 aliphatic rings. The van der Waals surface area contributed by atoms with Crippen LogP contribution in [0.4, 0.5) is 5.13 Å². The second-order valence-electron chi connectivity index (χ2n) is 6.72. The van der Waals surface area contributed by atoms with E-state index in [2.05, 4.69) is 41.5 Å². The zero-order valence-corrected chi connectivity index (χ0v) is 16.7. The third-order valence-electron chi connectivity index (χ3n) is 4.14. The molecule has 27 heavy (non-hydrogen) atoms. The molecule has 0 aliphatic heterocycles. The Labute approximate surface area is 163 Å². The van der Waals surface area contributed by atoms with Crippen LogP contribution < -0.4 is 10.1 Å². The molecule has 3 aromatic rings. The summed E-state index contributed by atoms with van der Waals surface area (Å²) in [5.74, 6) is 0.810. The number of hydrogen-bond donors (Lipinski definition) is 1. The minimum atomic E-state index is -0.645. The Morgan fingerprint density at radius 3 is 2.52 bits per heavy atom. The molecule has 0 spiro atoms. The summed E-state index contributed by atoms with van der Waals surface area (Å²) < 4.78 is 5.96. The van der Waals surface area contributed by atoms with Gasteiger partial charge in [-0.2, -0.15) is 0 Å². The van der Waals surface area contributed by atoms with E-state index in [9.17, 15) is 4.79 Å². The summed E-state index contributed by atoms with van der Waals surface area (Å²) in [7, 11) is 0. The van der Waals surface area contributed by atoms with Crippen molar-refractivity contribution in [1.29, 1.82) is 0 Å². The van der Waals surface area contributed by atoms with Crippen LogP contribution in [0, 0.1) is 6.92 Å². The SMILES string of the molecule is Cc1ccc(C(C)C)c(OC(C)C(=O)Nc2nnc(-c3ccccc3)s2)c1. The predicted molar refractivity (Wildman–Crippen MR) is 109 cm³/mol. The standard InChI is InChI=1S/C21H23N3O2S/c1-13(2)17-11-10-14(3)12-18(17)26-15(4)19(25)22-21-24-23-20(27-21)16-8-6-5-7-9-16/h5-13,15H,1-4H3,(H,22,24,25). The van der Waals surface area contributed by atoms with E-state index in [1.54, 1.807) is 6.92 Å². The van der Waals surface area contributed by atoms with Gasteiger partial charge in [0.1, 0.15) is 10.8 Å². The lowest BCUT2D eigenvalue weighted by Gasteiger charge is -2.18. The van der Waals surface area contributed by atoms with Crippen LogP contribution in [0.1, 0.15) is 37.8 Å². The van der Waals surface area contributed by atoms with E-state index in [0.29, 0.717) is 11.0 Å². The Morgan fingerprint density at radius 2 is 1.81 bits per heavy atom. The van der Waals surface area contributed by atoms with Crippen molar-refractivity contribution in [2.75, 3.05) is 5.32 Å². The molecular formula is C21H23N3O2S. The zero-order chi connectivity index (χ0) is 19.4. The number of nitrogens with zero attached hydrogens (tertiary/aromatic N) is 2. The van der Waals surface area contributed by atoms with Gasteiger partial charge in [0.2, 0.25) is 5.13 Å². The minimum absolute atomic E-state index is 0.248. The van der Waals surface area contributed by atoms with Crippen LogP contribution in [0.5, 0.6) is 5.75 Å². The van der Waals surface area contributed by atoms with Gasteiger partial charge in [0.15, 0.2) is 6.10 Å². The van der Waals surface area contributed by atoms with Crippen LogP contribution in [0.3, 0.4) is 0 Å². The Balaban J connectivity index is 1.69. The summed E-state index contributed by atoms with van der Waals surface area (Å²) in [6.45, 7) is 7.96. The number of aryl methyl sites for hydroxylation is 1. The average Bonchev–Trinajstić information content (AvgIpc) is 3.10.